The number of ether oxygens (including phenoxy) is 1. The zero-order valence-electron chi connectivity index (χ0n) is 11.7. The summed E-state index contributed by atoms with van der Waals surface area (Å²) in [7, 11) is 0. The lowest BCUT2D eigenvalue weighted by Gasteiger charge is -2.20. The number of nitrogens with one attached hydrogen (secondary N) is 1. The number of hydrogen-bond donors (Lipinski definition) is 3. The average molecular weight is 281 g/mol. The Bertz CT molecular complexity index is 469. The summed E-state index contributed by atoms with van der Waals surface area (Å²) in [6, 6.07) is 5.78. The Morgan fingerprint density at radius 2 is 1.75 bits per heavy atom. The molecule has 3 atom stereocenters. The molecular weight excluding hydrogens is 262 g/mol. The lowest BCUT2D eigenvalue weighted by atomic mass is 10.2. The molecule has 0 aliphatic carbocycles. The molecule has 110 valence electrons. The lowest BCUT2D eigenvalue weighted by molar-refractivity contribution is -0.145. The molecule has 1 amide bonds. The van der Waals surface area contributed by atoms with Crippen LogP contribution in [0.25, 0.3) is 0 Å². The number of rotatable bonds is 6. The number of aryl methyl sites for hydroxylation is 1. The van der Waals surface area contributed by atoms with Crippen LogP contribution in [0.2, 0.25) is 0 Å². The molecule has 3 N–H and O–H groups in total. The fourth-order valence-corrected chi connectivity index (χ4v) is 1.53. The molecule has 1 rings (SSSR count). The maximum atomic E-state index is 11.8. The van der Waals surface area contributed by atoms with Crippen LogP contribution in [0.4, 0.5) is 0 Å². The van der Waals surface area contributed by atoms with Gasteiger partial charge in [0.25, 0.3) is 5.91 Å². The lowest BCUT2D eigenvalue weighted by Crippen LogP contribution is -2.51. The van der Waals surface area contributed by atoms with Crippen molar-refractivity contribution in [2.75, 3.05) is 0 Å². The van der Waals surface area contributed by atoms with E-state index in [1.165, 1.54) is 13.8 Å². The van der Waals surface area contributed by atoms with E-state index in [1.54, 1.807) is 12.1 Å². The van der Waals surface area contributed by atoms with E-state index in [0.717, 1.165) is 5.56 Å². The number of hydrogen-bond acceptors (Lipinski definition) is 4. The van der Waals surface area contributed by atoms with Gasteiger partial charge in [0, 0.05) is 0 Å². The number of amides is 1. The number of benzene rings is 1. The summed E-state index contributed by atoms with van der Waals surface area (Å²) < 4.78 is 5.40. The monoisotopic (exact) mass is 281 g/mol. The summed E-state index contributed by atoms with van der Waals surface area (Å²) in [5.74, 6) is -1.38. The molecular formula is C14H19NO5. The third-order valence-corrected chi connectivity index (χ3v) is 2.75. The van der Waals surface area contributed by atoms with E-state index in [0.29, 0.717) is 5.75 Å². The predicted molar refractivity (Wildman–Crippen MR) is 72.5 cm³/mol. The maximum Gasteiger partial charge on any atom is 0.328 e. The predicted octanol–water partition coefficient (Wildman–Crippen LogP) is 0.713. The minimum absolute atomic E-state index is 0.516. The van der Waals surface area contributed by atoms with Crippen molar-refractivity contribution >= 4 is 11.9 Å². The number of carboxylic acid groups (broad SMARTS) is 1. The van der Waals surface area contributed by atoms with Gasteiger partial charge in [0.15, 0.2) is 12.1 Å². The highest BCUT2D eigenvalue weighted by atomic mass is 16.5. The summed E-state index contributed by atoms with van der Waals surface area (Å²) in [6.45, 7) is 4.74. The summed E-state index contributed by atoms with van der Waals surface area (Å²) in [5, 5.41) is 20.4. The highest BCUT2D eigenvalue weighted by Crippen LogP contribution is 2.13. The number of aliphatic carboxylic acids is 1. The first kappa shape index (κ1) is 16.0. The van der Waals surface area contributed by atoms with Gasteiger partial charge in [-0.2, -0.15) is 0 Å². The smallest absolute Gasteiger partial charge is 0.328 e. The van der Waals surface area contributed by atoms with Crippen LogP contribution in [0.3, 0.4) is 0 Å². The number of carbonyl (C=O) groups is 2. The topological polar surface area (TPSA) is 95.9 Å². The van der Waals surface area contributed by atoms with Gasteiger partial charge in [-0.15, -0.1) is 0 Å². The SMILES string of the molecule is Cc1ccc(OC(C)C(=O)N[C@H](C(=O)O)[C@@H](C)O)cc1. The molecule has 0 radical (unpaired) electrons. The van der Waals surface area contributed by atoms with Crippen molar-refractivity contribution in [3.05, 3.63) is 29.8 Å². The van der Waals surface area contributed by atoms with Crippen LogP contribution in [0.15, 0.2) is 24.3 Å². The molecule has 0 heterocycles. The number of aliphatic hydroxyl groups excluding tert-OH is 1. The Balaban J connectivity index is 2.62. The fourth-order valence-electron chi connectivity index (χ4n) is 1.53. The number of aliphatic hydroxyl groups is 1. The first-order valence-corrected chi connectivity index (χ1v) is 6.26. The Morgan fingerprint density at radius 1 is 1.20 bits per heavy atom. The zero-order valence-corrected chi connectivity index (χ0v) is 11.7. The average Bonchev–Trinajstić information content (AvgIpc) is 2.37. The standard InChI is InChI=1S/C14H19NO5/c1-8-4-6-11(7-5-8)20-10(3)13(17)15-12(9(2)16)14(18)19/h4-7,9-10,12,16H,1-3H3,(H,15,17)(H,18,19)/t9-,10?,12+/m1/s1. The Morgan fingerprint density at radius 3 is 2.20 bits per heavy atom. The van der Waals surface area contributed by atoms with Crippen molar-refractivity contribution in [2.45, 2.75) is 39.0 Å². The molecule has 0 bridgehead atoms. The minimum atomic E-state index is -1.36. The van der Waals surface area contributed by atoms with Gasteiger partial charge in [-0.25, -0.2) is 4.79 Å². The van der Waals surface area contributed by atoms with E-state index >= 15 is 0 Å². The number of carboxylic acids is 1. The third-order valence-electron chi connectivity index (χ3n) is 2.75. The van der Waals surface area contributed by atoms with Crippen LogP contribution in [-0.4, -0.2) is 40.3 Å². The third kappa shape index (κ3) is 4.55. The van der Waals surface area contributed by atoms with Crippen LogP contribution in [-0.2, 0) is 9.59 Å². The van der Waals surface area contributed by atoms with Crippen LogP contribution in [0.5, 0.6) is 5.75 Å². The molecule has 1 aromatic carbocycles. The molecule has 0 spiro atoms. The van der Waals surface area contributed by atoms with Crippen molar-refractivity contribution in [3.63, 3.8) is 0 Å². The van der Waals surface area contributed by atoms with Gasteiger partial charge in [0.1, 0.15) is 5.75 Å². The molecule has 0 aromatic heterocycles. The zero-order chi connectivity index (χ0) is 15.3. The normalized spacial score (nSPS) is 15.0. The van der Waals surface area contributed by atoms with Crippen LogP contribution < -0.4 is 10.1 Å². The molecule has 0 aliphatic heterocycles. The van der Waals surface area contributed by atoms with Crippen molar-refractivity contribution in [3.8, 4) is 5.75 Å². The van der Waals surface area contributed by atoms with Gasteiger partial charge in [-0.3, -0.25) is 4.79 Å². The minimum Gasteiger partial charge on any atom is -0.481 e. The molecule has 0 saturated carbocycles. The molecule has 20 heavy (non-hydrogen) atoms. The molecule has 0 fully saturated rings. The van der Waals surface area contributed by atoms with E-state index in [2.05, 4.69) is 5.32 Å². The Kier molecular flexibility index (Phi) is 5.52. The Hall–Kier alpha value is -2.08. The summed E-state index contributed by atoms with van der Waals surface area (Å²) >= 11 is 0. The quantitative estimate of drug-likeness (QED) is 0.714. The summed E-state index contributed by atoms with van der Waals surface area (Å²) in [6.07, 6.45) is -2.05. The fraction of sp³-hybridized carbons (Fsp3) is 0.429. The van der Waals surface area contributed by atoms with Gasteiger partial charge in [0.05, 0.1) is 6.10 Å². The first-order chi connectivity index (χ1) is 9.31. The molecule has 0 aliphatic rings. The van der Waals surface area contributed by atoms with E-state index in [-0.39, 0.29) is 0 Å². The van der Waals surface area contributed by atoms with Gasteiger partial charge >= 0.3 is 5.97 Å². The Labute approximate surface area is 117 Å². The van der Waals surface area contributed by atoms with E-state index in [1.807, 2.05) is 19.1 Å². The van der Waals surface area contributed by atoms with Crippen molar-refractivity contribution in [2.24, 2.45) is 0 Å². The summed E-state index contributed by atoms with van der Waals surface area (Å²) in [4.78, 5) is 22.7. The molecule has 6 nitrogen and oxygen atoms in total. The number of carbonyl (C=O) groups excluding carboxylic acids is 1. The molecule has 1 unspecified atom stereocenters. The highest BCUT2D eigenvalue weighted by molar-refractivity contribution is 5.86. The van der Waals surface area contributed by atoms with Crippen molar-refractivity contribution in [1.29, 1.82) is 0 Å². The molecule has 1 aromatic rings. The van der Waals surface area contributed by atoms with Crippen LogP contribution in [0.1, 0.15) is 19.4 Å². The second kappa shape index (κ2) is 6.91. The molecule has 6 heteroatoms. The largest absolute Gasteiger partial charge is 0.481 e. The first-order valence-electron chi connectivity index (χ1n) is 6.26. The van der Waals surface area contributed by atoms with E-state index in [4.69, 9.17) is 9.84 Å². The van der Waals surface area contributed by atoms with Crippen molar-refractivity contribution in [1.82, 2.24) is 5.32 Å². The van der Waals surface area contributed by atoms with Gasteiger partial charge in [-0.05, 0) is 32.9 Å². The van der Waals surface area contributed by atoms with Gasteiger partial charge < -0.3 is 20.3 Å². The molecule has 0 saturated heterocycles. The second-order valence-electron chi connectivity index (χ2n) is 4.64. The van der Waals surface area contributed by atoms with E-state index in [9.17, 15) is 14.7 Å². The second-order valence-corrected chi connectivity index (χ2v) is 4.64. The van der Waals surface area contributed by atoms with Gasteiger partial charge in [0.2, 0.25) is 0 Å². The highest BCUT2D eigenvalue weighted by Gasteiger charge is 2.27. The van der Waals surface area contributed by atoms with Crippen LogP contribution >= 0.6 is 0 Å². The summed E-state index contributed by atoms with van der Waals surface area (Å²) in [5.41, 5.74) is 1.06. The van der Waals surface area contributed by atoms with Crippen molar-refractivity contribution < 1.29 is 24.5 Å². The van der Waals surface area contributed by atoms with Crippen LogP contribution in [0, 0.1) is 6.92 Å². The van der Waals surface area contributed by atoms with E-state index < -0.39 is 30.1 Å². The maximum absolute atomic E-state index is 11.8. The van der Waals surface area contributed by atoms with Gasteiger partial charge in [-0.1, -0.05) is 17.7 Å².